The van der Waals surface area contributed by atoms with Crippen molar-refractivity contribution in [3.8, 4) is 11.6 Å². The molecule has 0 radical (unpaired) electrons. The molecule has 0 aliphatic carbocycles. The van der Waals surface area contributed by atoms with E-state index in [0.29, 0.717) is 10.3 Å². The minimum absolute atomic E-state index is 0.195. The zero-order valence-corrected chi connectivity index (χ0v) is 16.5. The maximum Gasteiger partial charge on any atom is 0.275 e. The Morgan fingerprint density at radius 2 is 1.74 bits per heavy atom. The van der Waals surface area contributed by atoms with Gasteiger partial charge in [0.15, 0.2) is 0 Å². The lowest BCUT2D eigenvalue weighted by atomic mass is 10.4. The van der Waals surface area contributed by atoms with Crippen LogP contribution in [-0.4, -0.2) is 21.5 Å². The van der Waals surface area contributed by atoms with Crippen LogP contribution in [0.3, 0.4) is 0 Å². The first kappa shape index (κ1) is 17.7. The highest BCUT2D eigenvalue weighted by Crippen LogP contribution is 2.28. The topological polar surface area (TPSA) is 50.3 Å². The van der Waals surface area contributed by atoms with E-state index in [1.165, 1.54) is 0 Å². The van der Waals surface area contributed by atoms with Crippen molar-refractivity contribution in [2.75, 3.05) is 4.31 Å². The molecule has 2 rings (SSSR count). The van der Waals surface area contributed by atoms with Gasteiger partial charge in [-0.3, -0.25) is 0 Å². The van der Waals surface area contributed by atoms with Gasteiger partial charge in [-0.1, -0.05) is 37.8 Å². The Labute approximate surface area is 146 Å². The number of rotatable bonds is 3. The third-order valence-corrected chi connectivity index (χ3v) is 5.88. The average Bonchev–Trinajstić information content (AvgIpc) is 2.49. The van der Waals surface area contributed by atoms with Gasteiger partial charge in [-0.15, -0.1) is 5.54 Å². The molecule has 1 aromatic carbocycles. The van der Waals surface area contributed by atoms with Crippen LogP contribution in [0.25, 0.3) is 0 Å². The summed E-state index contributed by atoms with van der Waals surface area (Å²) in [4.78, 5) is 4.30. The van der Waals surface area contributed by atoms with Gasteiger partial charge in [0.25, 0.3) is 10.0 Å². The molecule has 0 saturated carbocycles. The fourth-order valence-electron chi connectivity index (χ4n) is 1.70. The SMILES string of the molecule is C[Si](C)(C)C#CN(c1cccnc1Br)S(=O)(=O)c1ccccc1. The number of hydrogen-bond donors (Lipinski definition) is 0. The molecule has 7 heteroatoms. The molecule has 1 heterocycles. The van der Waals surface area contributed by atoms with E-state index in [4.69, 9.17) is 0 Å². The minimum atomic E-state index is -3.79. The molecule has 0 amide bonds. The highest BCUT2D eigenvalue weighted by Gasteiger charge is 2.26. The van der Waals surface area contributed by atoms with Crippen molar-refractivity contribution in [3.63, 3.8) is 0 Å². The van der Waals surface area contributed by atoms with Crippen LogP contribution in [0.2, 0.25) is 19.6 Å². The van der Waals surface area contributed by atoms with Gasteiger partial charge in [0.1, 0.15) is 12.7 Å². The highest BCUT2D eigenvalue weighted by atomic mass is 79.9. The van der Waals surface area contributed by atoms with Gasteiger partial charge >= 0.3 is 0 Å². The molecule has 4 nitrogen and oxygen atoms in total. The van der Waals surface area contributed by atoms with Crippen LogP contribution in [0.15, 0.2) is 58.2 Å². The third kappa shape index (κ3) is 4.44. The van der Waals surface area contributed by atoms with Crippen molar-refractivity contribution in [2.24, 2.45) is 0 Å². The molecule has 0 aliphatic rings. The van der Waals surface area contributed by atoms with Crippen molar-refractivity contribution < 1.29 is 8.42 Å². The quantitative estimate of drug-likeness (QED) is 0.335. The van der Waals surface area contributed by atoms with Gasteiger partial charge < -0.3 is 0 Å². The number of benzene rings is 1. The first-order valence-electron chi connectivity index (χ1n) is 6.95. The smallest absolute Gasteiger partial charge is 0.247 e. The molecule has 0 fully saturated rings. The largest absolute Gasteiger partial charge is 0.275 e. The molecule has 0 saturated heterocycles. The number of anilines is 1. The third-order valence-electron chi connectivity index (χ3n) is 2.77. The average molecular weight is 409 g/mol. The molecule has 1 aromatic heterocycles. The van der Waals surface area contributed by atoms with Crippen LogP contribution in [0.4, 0.5) is 5.69 Å². The Balaban J connectivity index is 2.63. The Morgan fingerprint density at radius 1 is 1.09 bits per heavy atom. The van der Waals surface area contributed by atoms with E-state index >= 15 is 0 Å². The second-order valence-corrected chi connectivity index (χ2v) is 13.2. The number of halogens is 1. The molecule has 0 spiro atoms. The lowest BCUT2D eigenvalue weighted by Crippen LogP contribution is -2.28. The number of nitrogens with zero attached hydrogens (tertiary/aromatic N) is 2. The zero-order valence-electron chi connectivity index (χ0n) is 13.1. The molecular formula is C16H17BrN2O2SSi. The molecule has 2 aromatic rings. The number of sulfonamides is 1. The fraction of sp³-hybridized carbons (Fsp3) is 0.188. The summed E-state index contributed by atoms with van der Waals surface area (Å²) in [5, 5.41) is 0. The molecule has 0 aliphatic heterocycles. The lowest BCUT2D eigenvalue weighted by Gasteiger charge is -2.19. The van der Waals surface area contributed by atoms with Crippen LogP contribution < -0.4 is 4.31 Å². The monoisotopic (exact) mass is 408 g/mol. The molecule has 23 heavy (non-hydrogen) atoms. The van der Waals surface area contributed by atoms with Gasteiger partial charge in [-0.05, 0) is 40.2 Å². The van der Waals surface area contributed by atoms with Crippen LogP contribution >= 0.6 is 15.9 Å². The molecule has 0 bridgehead atoms. The Morgan fingerprint density at radius 3 is 2.30 bits per heavy atom. The summed E-state index contributed by atoms with van der Waals surface area (Å²) in [6, 6.07) is 14.5. The van der Waals surface area contributed by atoms with E-state index in [9.17, 15) is 8.42 Å². The van der Waals surface area contributed by atoms with Crippen LogP contribution in [0.1, 0.15) is 0 Å². The van der Waals surface area contributed by atoms with Crippen LogP contribution in [-0.2, 0) is 10.0 Å². The molecular weight excluding hydrogens is 392 g/mol. The van der Waals surface area contributed by atoms with Crippen molar-refractivity contribution in [1.29, 1.82) is 0 Å². The Bertz CT molecular complexity index is 853. The van der Waals surface area contributed by atoms with Crippen molar-refractivity contribution in [2.45, 2.75) is 24.5 Å². The highest BCUT2D eigenvalue weighted by molar-refractivity contribution is 9.10. The normalized spacial score (nSPS) is 11.5. The van der Waals surface area contributed by atoms with Crippen molar-refractivity contribution in [1.82, 2.24) is 4.98 Å². The first-order chi connectivity index (χ1) is 10.7. The summed E-state index contributed by atoms with van der Waals surface area (Å²) in [5.74, 6) is 0. The van der Waals surface area contributed by atoms with Crippen molar-refractivity contribution in [3.05, 3.63) is 53.3 Å². The molecule has 0 atom stereocenters. The number of hydrogen-bond acceptors (Lipinski definition) is 3. The van der Waals surface area contributed by atoms with Gasteiger partial charge in [0.2, 0.25) is 0 Å². The minimum Gasteiger partial charge on any atom is -0.247 e. The second-order valence-electron chi connectivity index (χ2n) is 5.88. The predicted molar refractivity (Wildman–Crippen MR) is 99.2 cm³/mol. The lowest BCUT2D eigenvalue weighted by molar-refractivity contribution is 0.596. The summed E-state index contributed by atoms with van der Waals surface area (Å²) in [6.07, 6.45) is 1.59. The molecule has 0 N–H and O–H groups in total. The van der Waals surface area contributed by atoms with E-state index in [2.05, 4.69) is 52.1 Å². The first-order valence-corrected chi connectivity index (χ1v) is 12.7. The van der Waals surface area contributed by atoms with E-state index in [1.54, 1.807) is 48.7 Å². The number of pyridine rings is 1. The van der Waals surface area contributed by atoms with Crippen LogP contribution in [0.5, 0.6) is 0 Å². The van der Waals surface area contributed by atoms with Gasteiger partial charge in [-0.2, -0.15) is 4.31 Å². The Kier molecular flexibility index (Phi) is 5.29. The van der Waals surface area contributed by atoms with E-state index < -0.39 is 18.1 Å². The summed E-state index contributed by atoms with van der Waals surface area (Å²) in [5.41, 5.74) is 3.52. The molecule has 0 unspecified atom stereocenters. The number of aromatic nitrogens is 1. The predicted octanol–water partition coefficient (Wildman–Crippen LogP) is 3.88. The molecule has 120 valence electrons. The Hall–Kier alpha value is -1.62. The van der Waals surface area contributed by atoms with Gasteiger partial charge in [0.05, 0.1) is 10.6 Å². The summed E-state index contributed by atoms with van der Waals surface area (Å²) >= 11 is 3.31. The summed E-state index contributed by atoms with van der Waals surface area (Å²) in [6.45, 7) is 6.18. The zero-order chi connectivity index (χ0) is 17.1. The standard InChI is InChI=1S/C16H17BrN2O2SSi/c1-23(2,3)13-12-19(15-10-7-11-18-16(15)17)22(20,21)14-8-5-4-6-9-14/h4-11H,1-3H3. The summed E-state index contributed by atoms with van der Waals surface area (Å²) < 4.78 is 27.5. The maximum absolute atomic E-state index is 13.0. The summed E-state index contributed by atoms with van der Waals surface area (Å²) in [7, 11) is -5.54. The second kappa shape index (κ2) is 6.87. The fourth-order valence-corrected chi connectivity index (χ4v) is 4.05. The van der Waals surface area contributed by atoms with Gasteiger partial charge in [-0.25, -0.2) is 13.4 Å². The van der Waals surface area contributed by atoms with E-state index in [1.807, 2.05) is 0 Å². The van der Waals surface area contributed by atoms with E-state index in [0.717, 1.165) is 4.31 Å². The van der Waals surface area contributed by atoms with Gasteiger partial charge in [0, 0.05) is 12.2 Å². The maximum atomic E-state index is 13.0. The van der Waals surface area contributed by atoms with E-state index in [-0.39, 0.29) is 4.90 Å². The van der Waals surface area contributed by atoms with Crippen LogP contribution in [0, 0.1) is 11.6 Å². The van der Waals surface area contributed by atoms with Crippen molar-refractivity contribution >= 4 is 39.7 Å².